The monoisotopic (exact) mass is 981 g/mol. The molecule has 4 aliphatic rings. The van der Waals surface area contributed by atoms with Crippen LogP contribution in [0.5, 0.6) is 0 Å². The fourth-order valence-electron chi connectivity index (χ4n) is 9.36. The Labute approximate surface area is 411 Å². The quantitative estimate of drug-likeness (QED) is 0.0492. The molecule has 18 nitrogen and oxygen atoms in total. The number of halogens is 1. The van der Waals surface area contributed by atoms with Gasteiger partial charge in [-0.1, -0.05) is 60.1 Å². The highest BCUT2D eigenvalue weighted by Gasteiger charge is 2.40. The molecule has 6 amide bonds. The lowest BCUT2D eigenvalue weighted by atomic mass is 9.85. The number of nitrogens with zero attached hydrogens (tertiary/aromatic N) is 3. The number of unbranched alkanes of at least 4 members (excludes halogenated alkanes) is 2. The summed E-state index contributed by atoms with van der Waals surface area (Å²) >= 11 is 0. The van der Waals surface area contributed by atoms with Gasteiger partial charge in [-0.25, -0.2) is 19.0 Å². The Morgan fingerprint density at radius 2 is 1.65 bits per heavy atom. The summed E-state index contributed by atoms with van der Waals surface area (Å²) in [7, 11) is 0. The Morgan fingerprint density at radius 3 is 2.31 bits per heavy atom. The molecule has 0 spiro atoms. The van der Waals surface area contributed by atoms with Crippen LogP contribution in [0.1, 0.15) is 125 Å². The van der Waals surface area contributed by atoms with Crippen molar-refractivity contribution in [2.75, 3.05) is 18.4 Å². The van der Waals surface area contributed by atoms with E-state index in [1.165, 1.54) is 11.0 Å². The summed E-state index contributed by atoms with van der Waals surface area (Å²) in [5.41, 5.74) is 12.0. The maximum atomic E-state index is 14.5. The fourth-order valence-corrected chi connectivity index (χ4v) is 9.36. The number of aliphatic hydroxyl groups excluding tert-OH is 1. The van der Waals surface area contributed by atoms with Gasteiger partial charge >= 0.3 is 12.1 Å². The Balaban J connectivity index is 0.000000233. The molecule has 2 aromatic carbocycles. The Kier molecular flexibility index (Phi) is 17.5. The first-order valence-corrected chi connectivity index (χ1v) is 24.3. The largest absolute Gasteiger partial charge is 0.458 e. The number of pyridine rings is 2. The Morgan fingerprint density at radius 1 is 0.944 bits per heavy atom. The molecule has 0 saturated carbocycles. The number of hydrogen-bond acceptors (Lipinski definition) is 12. The molecule has 5 heterocycles. The van der Waals surface area contributed by atoms with E-state index >= 15 is 0 Å². The summed E-state index contributed by atoms with van der Waals surface area (Å²) in [5, 5.41) is 19.2. The average molecular weight is 982 g/mol. The number of rotatable bonds is 15. The molecule has 19 heteroatoms. The number of fused-ring (bicyclic) bond motifs is 5. The Hall–Kier alpha value is -7.02. The van der Waals surface area contributed by atoms with Crippen LogP contribution in [-0.2, 0) is 70.8 Å². The lowest BCUT2D eigenvalue weighted by molar-refractivity contribution is -0.157. The van der Waals surface area contributed by atoms with Crippen LogP contribution in [0.15, 0.2) is 41.2 Å². The van der Waals surface area contributed by atoms with Gasteiger partial charge in [0, 0.05) is 53.6 Å². The second-order valence-corrected chi connectivity index (χ2v) is 18.6. The fraction of sp³-hybridized carbons (Fsp3) is 0.481. The van der Waals surface area contributed by atoms with Crippen molar-refractivity contribution >= 4 is 58.2 Å². The van der Waals surface area contributed by atoms with Crippen LogP contribution in [0.25, 0.3) is 22.3 Å². The molecule has 3 aliphatic heterocycles. The molecule has 3 atom stereocenters. The van der Waals surface area contributed by atoms with Gasteiger partial charge < -0.3 is 40.8 Å². The summed E-state index contributed by atoms with van der Waals surface area (Å²) in [6, 6.07) is 8.89. The standard InChI is InChI=1S/C28H41N5O7.C22H17FN2O4.C2H6/c1-17(2)21-14-24(36)33(27(21)38)13-7-5-6-8-22(34)32-25(18(3)4)26(37)30-15-23(35)31-20-11-9-19(10-12-20)16-40-28(29)39;1-9-10-3-2-4-11-13-7-25-17(19(13)24-16(18(10)11)6-15(9)23)5-12-14(21(25)27)8-29-22(28)20(12)26;1-2/h9-12,17-18,21,25H,5-8,13-16H2,1-4H3,(H2,29,39)(H,30,37)(H,31,35)(H,32,34);5-6,20,26H,2-4,7-8H2,1H3;1-2H3. The lowest BCUT2D eigenvalue weighted by Gasteiger charge is -2.22. The number of carbonyl (C=O) groups is 7. The summed E-state index contributed by atoms with van der Waals surface area (Å²) in [5.74, 6) is -2.80. The van der Waals surface area contributed by atoms with E-state index in [-0.39, 0.29) is 85.0 Å². The van der Waals surface area contributed by atoms with Gasteiger partial charge in [0.15, 0.2) is 6.10 Å². The number of benzene rings is 2. The number of likely N-dealkylation sites (tertiary alicyclic amines) is 1. The van der Waals surface area contributed by atoms with E-state index in [0.717, 1.165) is 41.3 Å². The predicted molar refractivity (Wildman–Crippen MR) is 261 cm³/mol. The van der Waals surface area contributed by atoms with Crippen LogP contribution in [0.3, 0.4) is 0 Å². The molecule has 1 fully saturated rings. The zero-order valence-electron chi connectivity index (χ0n) is 41.4. The second-order valence-electron chi connectivity index (χ2n) is 18.6. The number of primary amides is 1. The smallest absolute Gasteiger partial charge is 0.404 e. The van der Waals surface area contributed by atoms with Crippen molar-refractivity contribution in [2.24, 2.45) is 23.5 Å². The van der Waals surface area contributed by atoms with Gasteiger partial charge in [0.1, 0.15) is 25.1 Å². The minimum absolute atomic E-state index is 0.0152. The number of carbonyl (C=O) groups excluding carboxylic acids is 7. The molecule has 4 aromatic rings. The minimum Gasteiger partial charge on any atom is -0.458 e. The highest BCUT2D eigenvalue weighted by Crippen LogP contribution is 2.42. The molecule has 8 rings (SSSR count). The Bertz CT molecular complexity index is 2790. The number of aliphatic hydroxyl groups is 1. The zero-order chi connectivity index (χ0) is 51.8. The van der Waals surface area contributed by atoms with Crippen molar-refractivity contribution in [3.05, 3.63) is 91.5 Å². The van der Waals surface area contributed by atoms with E-state index < -0.39 is 36.0 Å². The number of ether oxygens (including phenoxy) is 2. The van der Waals surface area contributed by atoms with E-state index in [1.807, 2.05) is 27.7 Å². The molecule has 71 heavy (non-hydrogen) atoms. The van der Waals surface area contributed by atoms with Crippen LogP contribution >= 0.6 is 0 Å². The maximum absolute atomic E-state index is 14.5. The number of aromatic nitrogens is 2. The van der Waals surface area contributed by atoms with E-state index in [1.54, 1.807) is 55.7 Å². The first-order valence-electron chi connectivity index (χ1n) is 24.3. The van der Waals surface area contributed by atoms with Gasteiger partial charge in [-0.05, 0) is 91.3 Å². The number of amides is 6. The third-order valence-corrected chi connectivity index (χ3v) is 13.2. The number of cyclic esters (lactones) is 1. The molecular formula is C52H64FN7O11. The van der Waals surface area contributed by atoms with Crippen molar-refractivity contribution in [1.82, 2.24) is 25.1 Å². The predicted octanol–water partition coefficient (Wildman–Crippen LogP) is 5.55. The SMILES string of the molecule is CC.CC(C)C1CC(=O)N(CCCCCC(=O)NC(C(=O)NCC(=O)Nc2ccc(COC(N)=O)cc2)C(C)C)C1=O.Cc1c(F)cc2nc3c(c4c2c1CCC4)Cn1c-3cc2c(c1=O)COC(=O)C2O. The molecule has 6 N–H and O–H groups in total. The molecule has 0 radical (unpaired) electrons. The van der Waals surface area contributed by atoms with E-state index in [2.05, 4.69) is 16.0 Å². The highest BCUT2D eigenvalue weighted by atomic mass is 19.1. The van der Waals surface area contributed by atoms with Crippen LogP contribution in [0.2, 0.25) is 0 Å². The van der Waals surface area contributed by atoms with E-state index in [0.29, 0.717) is 71.6 Å². The third-order valence-electron chi connectivity index (χ3n) is 13.2. The summed E-state index contributed by atoms with van der Waals surface area (Å²) in [6.45, 7) is 13.6. The zero-order valence-corrected chi connectivity index (χ0v) is 41.4. The summed E-state index contributed by atoms with van der Waals surface area (Å²) in [4.78, 5) is 104. The molecule has 0 bridgehead atoms. The van der Waals surface area contributed by atoms with E-state index in [4.69, 9.17) is 20.2 Å². The number of esters is 1. The average Bonchev–Trinajstić information content (AvgIpc) is 3.86. The van der Waals surface area contributed by atoms with Crippen molar-refractivity contribution < 1.29 is 52.5 Å². The second kappa shape index (κ2) is 23.3. The van der Waals surface area contributed by atoms with Gasteiger partial charge in [0.2, 0.25) is 29.5 Å². The topological polar surface area (TPSA) is 258 Å². The number of hydrogen-bond donors (Lipinski definition) is 5. The molecule has 1 aliphatic carbocycles. The maximum Gasteiger partial charge on any atom is 0.404 e. The van der Waals surface area contributed by atoms with E-state index in [9.17, 15) is 47.9 Å². The molecule has 380 valence electrons. The lowest BCUT2D eigenvalue weighted by Crippen LogP contribution is -2.51. The highest BCUT2D eigenvalue weighted by molar-refractivity contribution is 6.03. The minimum atomic E-state index is -1.48. The van der Waals surface area contributed by atoms with Crippen molar-refractivity contribution in [1.29, 1.82) is 0 Å². The molecule has 1 saturated heterocycles. The summed E-state index contributed by atoms with van der Waals surface area (Å²) < 4.78 is 25.8. The van der Waals surface area contributed by atoms with Gasteiger partial charge in [-0.15, -0.1) is 0 Å². The number of anilines is 1. The number of nitrogens with two attached hydrogens (primary N) is 1. The van der Waals surface area contributed by atoms with Gasteiger partial charge in [-0.3, -0.25) is 33.7 Å². The third kappa shape index (κ3) is 12.0. The normalized spacial score (nSPS) is 16.7. The van der Waals surface area contributed by atoms with Crippen LogP contribution in [0, 0.1) is 30.5 Å². The van der Waals surface area contributed by atoms with Crippen molar-refractivity contribution in [3.63, 3.8) is 0 Å². The van der Waals surface area contributed by atoms with Crippen LogP contribution in [0.4, 0.5) is 14.9 Å². The van der Waals surface area contributed by atoms with Crippen molar-refractivity contribution in [3.8, 4) is 11.4 Å². The van der Waals surface area contributed by atoms with Crippen LogP contribution < -0.4 is 27.2 Å². The van der Waals surface area contributed by atoms with Gasteiger partial charge in [0.25, 0.3) is 5.56 Å². The van der Waals surface area contributed by atoms with Gasteiger partial charge in [-0.2, -0.15) is 0 Å². The van der Waals surface area contributed by atoms with Crippen LogP contribution in [-0.4, -0.2) is 80.3 Å². The number of imide groups is 1. The summed E-state index contributed by atoms with van der Waals surface area (Å²) in [6.07, 6.45) is 2.53. The molecular weight excluding hydrogens is 918 g/mol. The first-order chi connectivity index (χ1) is 33.8. The number of nitrogens with one attached hydrogen (secondary N) is 3. The number of aryl methyl sites for hydroxylation is 2. The first kappa shape index (κ1) is 53.3. The molecule has 3 unspecified atom stereocenters. The van der Waals surface area contributed by atoms with Crippen molar-refractivity contribution in [2.45, 2.75) is 132 Å². The molecule has 2 aromatic heterocycles. The van der Waals surface area contributed by atoms with Gasteiger partial charge in [0.05, 0.1) is 35.6 Å².